The first kappa shape index (κ1) is 12.2. The fraction of sp³-hybridized carbons (Fsp3) is 0.400. The maximum Gasteiger partial charge on any atom is 0.128 e. The topological polar surface area (TPSA) is 69.9 Å². The van der Waals surface area contributed by atoms with Crippen molar-refractivity contribution in [1.29, 1.82) is 0 Å². The average Bonchev–Trinajstić information content (AvgIpc) is 2.26. The lowest BCUT2D eigenvalue weighted by Gasteiger charge is -2.18. The van der Waals surface area contributed by atoms with Gasteiger partial charge >= 0.3 is 0 Å². The van der Waals surface area contributed by atoms with Crippen LogP contribution in [-0.2, 0) is 0 Å². The molecule has 3 N–H and O–H groups in total. The average molecular weight is 230 g/mol. The Morgan fingerprint density at radius 3 is 2.60 bits per heavy atom. The third-order valence-electron chi connectivity index (χ3n) is 2.09. The molecular formula is C10H14O4S. The molecule has 1 rings (SSSR count). The lowest BCUT2D eigenvalue weighted by atomic mass is 10.0. The summed E-state index contributed by atoms with van der Waals surface area (Å²) in [5.74, 6) is 0.525. The van der Waals surface area contributed by atoms with Crippen LogP contribution in [0.4, 0.5) is 0 Å². The van der Waals surface area contributed by atoms with Crippen molar-refractivity contribution in [1.82, 2.24) is 0 Å². The molecule has 0 spiro atoms. The zero-order valence-corrected chi connectivity index (χ0v) is 9.19. The van der Waals surface area contributed by atoms with E-state index in [-0.39, 0.29) is 11.5 Å². The Balaban J connectivity index is 3.02. The van der Waals surface area contributed by atoms with Crippen molar-refractivity contribution in [2.75, 3.05) is 12.9 Å². The molecule has 15 heavy (non-hydrogen) atoms. The van der Waals surface area contributed by atoms with E-state index in [1.54, 1.807) is 0 Å². The second-order valence-corrected chi connectivity index (χ2v) is 3.49. The molecule has 0 bridgehead atoms. The highest BCUT2D eigenvalue weighted by Gasteiger charge is 2.20. The highest BCUT2D eigenvalue weighted by molar-refractivity contribution is 7.80. The number of methoxy groups -OCH3 is 1. The van der Waals surface area contributed by atoms with Gasteiger partial charge in [-0.2, -0.15) is 12.6 Å². The van der Waals surface area contributed by atoms with Crippen LogP contribution >= 0.6 is 12.6 Å². The van der Waals surface area contributed by atoms with Crippen molar-refractivity contribution in [3.05, 3.63) is 23.8 Å². The van der Waals surface area contributed by atoms with Crippen LogP contribution < -0.4 is 4.74 Å². The molecule has 0 saturated heterocycles. The molecule has 2 atom stereocenters. The summed E-state index contributed by atoms with van der Waals surface area (Å²) in [4.78, 5) is 0. The molecule has 0 aromatic heterocycles. The van der Waals surface area contributed by atoms with Crippen LogP contribution in [0.1, 0.15) is 11.7 Å². The number of benzene rings is 1. The minimum absolute atomic E-state index is 0.0446. The Kier molecular flexibility index (Phi) is 4.26. The predicted octanol–water partition coefficient (Wildman–Crippen LogP) is 0.725. The molecule has 0 fully saturated rings. The van der Waals surface area contributed by atoms with Crippen LogP contribution in [0.15, 0.2) is 18.2 Å². The van der Waals surface area contributed by atoms with Crippen LogP contribution in [-0.4, -0.2) is 34.3 Å². The van der Waals surface area contributed by atoms with Gasteiger partial charge in [-0.15, -0.1) is 0 Å². The summed E-state index contributed by atoms with van der Waals surface area (Å²) >= 11 is 3.89. The molecule has 2 unspecified atom stereocenters. The van der Waals surface area contributed by atoms with Gasteiger partial charge in [0, 0.05) is 17.4 Å². The van der Waals surface area contributed by atoms with E-state index in [0.29, 0.717) is 11.3 Å². The Morgan fingerprint density at radius 1 is 1.40 bits per heavy atom. The molecule has 4 nitrogen and oxygen atoms in total. The van der Waals surface area contributed by atoms with Gasteiger partial charge in [0.2, 0.25) is 0 Å². The first-order valence-electron chi connectivity index (χ1n) is 4.44. The van der Waals surface area contributed by atoms with E-state index >= 15 is 0 Å². The third kappa shape index (κ3) is 2.77. The van der Waals surface area contributed by atoms with Crippen LogP contribution in [0.25, 0.3) is 0 Å². The normalized spacial score (nSPS) is 14.7. The molecule has 5 heteroatoms. The van der Waals surface area contributed by atoms with Crippen molar-refractivity contribution in [3.8, 4) is 11.5 Å². The highest BCUT2D eigenvalue weighted by Crippen LogP contribution is 2.30. The van der Waals surface area contributed by atoms with Gasteiger partial charge in [0.1, 0.15) is 17.6 Å². The maximum absolute atomic E-state index is 9.73. The Morgan fingerprint density at radius 2 is 2.07 bits per heavy atom. The zero-order valence-electron chi connectivity index (χ0n) is 8.29. The first-order valence-corrected chi connectivity index (χ1v) is 5.07. The molecular weight excluding hydrogens is 216 g/mol. The largest absolute Gasteiger partial charge is 0.508 e. The lowest BCUT2D eigenvalue weighted by molar-refractivity contribution is 0.0322. The quantitative estimate of drug-likeness (QED) is 0.575. The fourth-order valence-electron chi connectivity index (χ4n) is 1.25. The maximum atomic E-state index is 9.73. The van der Waals surface area contributed by atoms with E-state index < -0.39 is 12.2 Å². The second kappa shape index (κ2) is 5.25. The Bertz CT molecular complexity index is 329. The SMILES string of the molecule is COc1cc(O)ccc1C(O)C(O)CS. The second-order valence-electron chi connectivity index (χ2n) is 3.12. The van der Waals surface area contributed by atoms with Crippen LogP contribution in [0.3, 0.4) is 0 Å². The van der Waals surface area contributed by atoms with E-state index in [0.717, 1.165) is 0 Å². The minimum atomic E-state index is -1.07. The third-order valence-corrected chi connectivity index (χ3v) is 2.46. The van der Waals surface area contributed by atoms with E-state index in [9.17, 15) is 15.3 Å². The molecule has 0 amide bonds. The molecule has 0 radical (unpaired) electrons. The number of hydrogen-bond acceptors (Lipinski definition) is 5. The Labute approximate surface area is 93.5 Å². The van der Waals surface area contributed by atoms with E-state index in [2.05, 4.69) is 12.6 Å². The lowest BCUT2D eigenvalue weighted by Crippen LogP contribution is -2.20. The number of rotatable bonds is 4. The summed E-state index contributed by atoms with van der Waals surface area (Å²) in [6, 6.07) is 4.31. The van der Waals surface area contributed by atoms with Gasteiger partial charge in [-0.05, 0) is 12.1 Å². The van der Waals surface area contributed by atoms with Gasteiger partial charge in [0.15, 0.2) is 0 Å². The molecule has 1 aromatic rings. The number of phenolic OH excluding ortho intramolecular Hbond substituents is 1. The summed E-state index contributed by atoms with van der Waals surface area (Å²) in [5.41, 5.74) is 0.428. The molecule has 0 heterocycles. The minimum Gasteiger partial charge on any atom is -0.508 e. The smallest absolute Gasteiger partial charge is 0.128 e. The van der Waals surface area contributed by atoms with Gasteiger partial charge in [-0.3, -0.25) is 0 Å². The van der Waals surface area contributed by atoms with E-state index in [1.807, 2.05) is 0 Å². The van der Waals surface area contributed by atoms with Crippen molar-refractivity contribution in [2.45, 2.75) is 12.2 Å². The van der Waals surface area contributed by atoms with Gasteiger partial charge in [-0.1, -0.05) is 0 Å². The molecule has 0 aliphatic carbocycles. The summed E-state index contributed by atoms with van der Waals surface area (Å²) in [6.45, 7) is 0. The fourth-order valence-corrected chi connectivity index (χ4v) is 1.45. The summed E-state index contributed by atoms with van der Waals surface area (Å²) in [5, 5.41) is 28.4. The van der Waals surface area contributed by atoms with Crippen molar-refractivity contribution >= 4 is 12.6 Å². The first-order chi connectivity index (χ1) is 7.10. The van der Waals surface area contributed by atoms with Crippen LogP contribution in [0.2, 0.25) is 0 Å². The number of phenols is 1. The summed E-state index contributed by atoms with van der Waals surface area (Å²) in [6.07, 6.45) is -2.04. The molecule has 1 aromatic carbocycles. The number of aliphatic hydroxyl groups is 2. The number of hydrogen-bond donors (Lipinski definition) is 4. The van der Waals surface area contributed by atoms with E-state index in [1.165, 1.54) is 25.3 Å². The molecule has 0 saturated carbocycles. The number of ether oxygens (including phenoxy) is 1. The van der Waals surface area contributed by atoms with Gasteiger partial charge in [0.25, 0.3) is 0 Å². The predicted molar refractivity (Wildman–Crippen MR) is 59.5 cm³/mol. The van der Waals surface area contributed by atoms with Gasteiger partial charge in [-0.25, -0.2) is 0 Å². The Hall–Kier alpha value is -0.910. The van der Waals surface area contributed by atoms with Crippen LogP contribution in [0, 0.1) is 0 Å². The molecule has 0 aliphatic heterocycles. The summed E-state index contributed by atoms with van der Waals surface area (Å²) < 4.78 is 4.99. The van der Waals surface area contributed by atoms with Gasteiger partial charge in [0.05, 0.1) is 13.2 Å². The summed E-state index contributed by atoms with van der Waals surface area (Å²) in [7, 11) is 1.43. The number of aliphatic hydroxyl groups excluding tert-OH is 2. The van der Waals surface area contributed by atoms with Gasteiger partial charge < -0.3 is 20.1 Å². The standard InChI is InChI=1S/C10H14O4S/c1-14-9-4-6(11)2-3-7(9)10(13)8(12)5-15/h2-4,8,10-13,15H,5H2,1H3. The number of thiol groups is 1. The highest BCUT2D eigenvalue weighted by atomic mass is 32.1. The van der Waals surface area contributed by atoms with Crippen molar-refractivity contribution in [2.24, 2.45) is 0 Å². The van der Waals surface area contributed by atoms with Crippen molar-refractivity contribution in [3.63, 3.8) is 0 Å². The molecule has 0 aliphatic rings. The zero-order chi connectivity index (χ0) is 11.4. The number of aromatic hydroxyl groups is 1. The van der Waals surface area contributed by atoms with Crippen LogP contribution in [0.5, 0.6) is 11.5 Å². The van der Waals surface area contributed by atoms with E-state index in [4.69, 9.17) is 4.74 Å². The van der Waals surface area contributed by atoms with Crippen molar-refractivity contribution < 1.29 is 20.1 Å². The molecule has 84 valence electrons. The monoisotopic (exact) mass is 230 g/mol.